The molecular formula is C15H14F2N2O. The van der Waals surface area contributed by atoms with E-state index in [1.54, 1.807) is 6.20 Å². The second-order valence-corrected chi connectivity index (χ2v) is 5.04. The molecule has 1 aromatic heterocycles. The lowest BCUT2D eigenvalue weighted by atomic mass is 10.1. The normalized spacial score (nSPS) is 14.3. The lowest BCUT2D eigenvalue weighted by molar-refractivity contribution is 0.0945. The highest BCUT2D eigenvalue weighted by molar-refractivity contribution is 5.94. The van der Waals surface area contributed by atoms with E-state index in [0.29, 0.717) is 17.2 Å². The Morgan fingerprint density at radius 3 is 2.60 bits per heavy atom. The Hall–Kier alpha value is -2.17. The molecule has 1 aliphatic rings. The van der Waals surface area contributed by atoms with Crippen LogP contribution in [0, 0.1) is 11.6 Å². The molecular weight excluding hydrogens is 262 g/mol. The molecule has 3 rings (SSSR count). The molecule has 5 heteroatoms. The molecule has 0 spiro atoms. The van der Waals surface area contributed by atoms with Gasteiger partial charge in [0.15, 0.2) is 0 Å². The maximum atomic E-state index is 13.0. The number of rotatable bonds is 4. The van der Waals surface area contributed by atoms with Crippen molar-refractivity contribution in [1.29, 1.82) is 0 Å². The van der Waals surface area contributed by atoms with E-state index in [9.17, 15) is 13.6 Å². The van der Waals surface area contributed by atoms with Crippen LogP contribution in [0.5, 0.6) is 0 Å². The fourth-order valence-electron chi connectivity index (χ4n) is 2.30. The summed E-state index contributed by atoms with van der Waals surface area (Å²) in [5.41, 5.74) is 1.97. The molecule has 0 atom stereocenters. The largest absolute Gasteiger partial charge is 0.357 e. The van der Waals surface area contributed by atoms with E-state index in [4.69, 9.17) is 0 Å². The molecule has 0 bridgehead atoms. The monoisotopic (exact) mass is 276 g/mol. The molecule has 1 aliphatic carbocycles. The number of benzene rings is 1. The van der Waals surface area contributed by atoms with Gasteiger partial charge in [0.1, 0.15) is 17.3 Å². The van der Waals surface area contributed by atoms with E-state index in [1.807, 2.05) is 6.07 Å². The number of amides is 1. The van der Waals surface area contributed by atoms with Crippen molar-refractivity contribution in [2.75, 3.05) is 0 Å². The smallest absolute Gasteiger partial charge is 0.268 e. The SMILES string of the molecule is O=C(NCc1cc(F)cc(F)c1)c1[nH]ccc1C1CC1. The molecule has 104 valence electrons. The first-order chi connectivity index (χ1) is 9.63. The molecule has 1 saturated carbocycles. The zero-order valence-corrected chi connectivity index (χ0v) is 10.7. The van der Waals surface area contributed by atoms with Crippen molar-refractivity contribution in [3.63, 3.8) is 0 Å². The summed E-state index contributed by atoms with van der Waals surface area (Å²) >= 11 is 0. The van der Waals surface area contributed by atoms with Gasteiger partial charge in [-0.3, -0.25) is 4.79 Å². The summed E-state index contributed by atoms with van der Waals surface area (Å²) in [5, 5.41) is 2.68. The topological polar surface area (TPSA) is 44.9 Å². The van der Waals surface area contributed by atoms with Crippen LogP contribution < -0.4 is 5.32 Å². The van der Waals surface area contributed by atoms with Crippen LogP contribution in [0.2, 0.25) is 0 Å². The van der Waals surface area contributed by atoms with Crippen molar-refractivity contribution < 1.29 is 13.6 Å². The van der Waals surface area contributed by atoms with Gasteiger partial charge < -0.3 is 10.3 Å². The van der Waals surface area contributed by atoms with Gasteiger partial charge in [0.25, 0.3) is 5.91 Å². The Kier molecular flexibility index (Phi) is 3.26. The summed E-state index contributed by atoms with van der Waals surface area (Å²) in [5.74, 6) is -1.07. The zero-order chi connectivity index (χ0) is 14.1. The number of H-pyrrole nitrogens is 1. The lowest BCUT2D eigenvalue weighted by Crippen LogP contribution is -2.24. The molecule has 3 nitrogen and oxygen atoms in total. The number of nitrogens with one attached hydrogen (secondary N) is 2. The summed E-state index contributed by atoms with van der Waals surface area (Å²) < 4.78 is 26.1. The van der Waals surface area contributed by atoms with E-state index < -0.39 is 11.6 Å². The highest BCUT2D eigenvalue weighted by Gasteiger charge is 2.28. The quantitative estimate of drug-likeness (QED) is 0.885. The van der Waals surface area contributed by atoms with Crippen LogP contribution in [0.25, 0.3) is 0 Å². The Morgan fingerprint density at radius 1 is 1.25 bits per heavy atom. The molecule has 20 heavy (non-hydrogen) atoms. The predicted molar refractivity (Wildman–Crippen MR) is 70.3 cm³/mol. The van der Waals surface area contributed by atoms with Crippen LogP contribution in [0.4, 0.5) is 8.78 Å². The second kappa shape index (κ2) is 5.07. The summed E-state index contributed by atoms with van der Waals surface area (Å²) in [6.07, 6.45) is 3.95. The van der Waals surface area contributed by atoms with Crippen LogP contribution in [-0.4, -0.2) is 10.9 Å². The highest BCUT2D eigenvalue weighted by Crippen LogP contribution is 2.41. The van der Waals surface area contributed by atoms with Crippen molar-refractivity contribution in [2.45, 2.75) is 25.3 Å². The van der Waals surface area contributed by atoms with Crippen molar-refractivity contribution in [2.24, 2.45) is 0 Å². The third kappa shape index (κ3) is 2.71. The average molecular weight is 276 g/mol. The summed E-state index contributed by atoms with van der Waals surface area (Å²) in [6, 6.07) is 5.13. The number of hydrogen-bond acceptors (Lipinski definition) is 1. The highest BCUT2D eigenvalue weighted by atomic mass is 19.1. The number of hydrogen-bond donors (Lipinski definition) is 2. The Morgan fingerprint density at radius 2 is 1.95 bits per heavy atom. The minimum Gasteiger partial charge on any atom is -0.357 e. The summed E-state index contributed by atoms with van der Waals surface area (Å²) in [7, 11) is 0. The van der Waals surface area contributed by atoms with E-state index in [2.05, 4.69) is 10.3 Å². The maximum Gasteiger partial charge on any atom is 0.268 e. The number of aromatic amines is 1. The Balaban J connectivity index is 1.68. The van der Waals surface area contributed by atoms with Gasteiger partial charge in [-0.05, 0) is 48.1 Å². The van der Waals surface area contributed by atoms with E-state index in [-0.39, 0.29) is 12.5 Å². The molecule has 1 fully saturated rings. The van der Waals surface area contributed by atoms with Gasteiger partial charge in [0, 0.05) is 18.8 Å². The fraction of sp³-hybridized carbons (Fsp3) is 0.267. The van der Waals surface area contributed by atoms with Crippen LogP contribution in [0.15, 0.2) is 30.5 Å². The molecule has 1 aromatic carbocycles. The van der Waals surface area contributed by atoms with Gasteiger partial charge in [-0.2, -0.15) is 0 Å². The van der Waals surface area contributed by atoms with Crippen molar-refractivity contribution in [1.82, 2.24) is 10.3 Å². The fourth-order valence-corrected chi connectivity index (χ4v) is 2.30. The number of aromatic nitrogens is 1. The maximum absolute atomic E-state index is 13.0. The first-order valence-corrected chi connectivity index (χ1v) is 6.54. The molecule has 0 aliphatic heterocycles. The van der Waals surface area contributed by atoms with Gasteiger partial charge in [0.2, 0.25) is 0 Å². The Labute approximate surface area is 115 Å². The lowest BCUT2D eigenvalue weighted by Gasteiger charge is -2.06. The molecule has 2 N–H and O–H groups in total. The van der Waals surface area contributed by atoms with Crippen molar-refractivity contribution in [3.8, 4) is 0 Å². The van der Waals surface area contributed by atoms with Gasteiger partial charge in [-0.1, -0.05) is 0 Å². The number of halogens is 2. The third-order valence-corrected chi connectivity index (χ3v) is 3.40. The van der Waals surface area contributed by atoms with Crippen molar-refractivity contribution >= 4 is 5.91 Å². The molecule has 0 unspecified atom stereocenters. The molecule has 2 aromatic rings. The first kappa shape index (κ1) is 12.8. The number of carbonyl (C=O) groups is 1. The standard InChI is InChI=1S/C15H14F2N2O/c16-11-5-9(6-12(17)7-11)8-19-15(20)14-13(3-4-18-14)10-1-2-10/h3-7,10,18H,1-2,8H2,(H,19,20). The molecule has 1 heterocycles. The zero-order valence-electron chi connectivity index (χ0n) is 10.7. The van der Waals surface area contributed by atoms with Crippen LogP contribution >= 0.6 is 0 Å². The van der Waals surface area contributed by atoms with Gasteiger partial charge in [0.05, 0.1) is 0 Å². The van der Waals surface area contributed by atoms with E-state index >= 15 is 0 Å². The van der Waals surface area contributed by atoms with Gasteiger partial charge in [-0.25, -0.2) is 8.78 Å². The molecule has 0 radical (unpaired) electrons. The van der Waals surface area contributed by atoms with Crippen LogP contribution in [0.3, 0.4) is 0 Å². The molecule has 1 amide bonds. The minimum absolute atomic E-state index is 0.0939. The predicted octanol–water partition coefficient (Wildman–Crippen LogP) is 3.10. The summed E-state index contributed by atoms with van der Waals surface area (Å²) in [6.45, 7) is 0.0939. The van der Waals surface area contributed by atoms with E-state index in [1.165, 1.54) is 12.1 Å². The first-order valence-electron chi connectivity index (χ1n) is 6.54. The summed E-state index contributed by atoms with van der Waals surface area (Å²) in [4.78, 5) is 15.0. The molecule has 0 saturated heterocycles. The van der Waals surface area contributed by atoms with Crippen molar-refractivity contribution in [3.05, 3.63) is 58.9 Å². The minimum atomic E-state index is -0.646. The van der Waals surface area contributed by atoms with Crippen LogP contribution in [-0.2, 0) is 6.54 Å². The van der Waals surface area contributed by atoms with Crippen LogP contribution in [0.1, 0.15) is 40.4 Å². The average Bonchev–Trinajstić information content (AvgIpc) is 3.12. The van der Waals surface area contributed by atoms with Gasteiger partial charge in [-0.15, -0.1) is 0 Å². The number of carbonyl (C=O) groups excluding carboxylic acids is 1. The van der Waals surface area contributed by atoms with Gasteiger partial charge >= 0.3 is 0 Å². The third-order valence-electron chi connectivity index (χ3n) is 3.40. The second-order valence-electron chi connectivity index (χ2n) is 5.04. The van der Waals surface area contributed by atoms with E-state index in [0.717, 1.165) is 24.5 Å². The Bertz CT molecular complexity index is 627.